The smallest absolute Gasteiger partial charge is 0.256 e. The van der Waals surface area contributed by atoms with E-state index in [1.54, 1.807) is 7.11 Å². The lowest BCUT2D eigenvalue weighted by Crippen LogP contribution is -2.47. The van der Waals surface area contributed by atoms with Crippen molar-refractivity contribution in [3.05, 3.63) is 36.4 Å². The molecule has 1 fully saturated rings. The van der Waals surface area contributed by atoms with Crippen LogP contribution in [0, 0.1) is 0 Å². The third-order valence-electron chi connectivity index (χ3n) is 4.85. The second kappa shape index (κ2) is 7.22. The number of ether oxygens (including phenoxy) is 2. The molecule has 0 spiro atoms. The molecule has 0 saturated heterocycles. The summed E-state index contributed by atoms with van der Waals surface area (Å²) in [6, 6.07) is 11.7. The molecule has 2 aromatic carbocycles. The van der Waals surface area contributed by atoms with E-state index in [0.29, 0.717) is 6.61 Å². The van der Waals surface area contributed by atoms with Crippen LogP contribution >= 0.6 is 0 Å². The Morgan fingerprint density at radius 2 is 1.79 bits per heavy atom. The molecule has 0 radical (unpaired) electrons. The molecule has 4 nitrogen and oxygen atoms in total. The highest BCUT2D eigenvalue weighted by molar-refractivity contribution is 6.06. The Morgan fingerprint density at radius 1 is 1.08 bits per heavy atom. The van der Waals surface area contributed by atoms with E-state index >= 15 is 0 Å². The average Bonchev–Trinajstić information content (AvgIpc) is 2.63. The number of anilines is 1. The Bertz CT molecular complexity index is 714. The lowest BCUT2D eigenvalue weighted by molar-refractivity contribution is -0.145. The van der Waals surface area contributed by atoms with Gasteiger partial charge in [-0.25, -0.2) is 0 Å². The number of amides is 1. The Balaban J connectivity index is 1.92. The van der Waals surface area contributed by atoms with Crippen molar-refractivity contribution >= 4 is 22.4 Å². The predicted octanol–water partition coefficient (Wildman–Crippen LogP) is 4.53. The van der Waals surface area contributed by atoms with Gasteiger partial charge in [-0.05, 0) is 31.9 Å². The summed E-state index contributed by atoms with van der Waals surface area (Å²) in [5.41, 5.74) is 0.120. The highest BCUT2D eigenvalue weighted by Crippen LogP contribution is 2.35. The summed E-state index contributed by atoms with van der Waals surface area (Å²) in [4.78, 5) is 13.0. The maximum atomic E-state index is 13.0. The van der Waals surface area contributed by atoms with Crippen molar-refractivity contribution in [2.45, 2.75) is 44.6 Å². The number of carbonyl (C=O) groups is 1. The van der Waals surface area contributed by atoms with E-state index in [-0.39, 0.29) is 5.91 Å². The normalized spacial score (nSPS) is 16.8. The quantitative estimate of drug-likeness (QED) is 0.878. The van der Waals surface area contributed by atoms with E-state index in [1.165, 1.54) is 6.42 Å². The van der Waals surface area contributed by atoms with Crippen LogP contribution in [0.25, 0.3) is 10.8 Å². The zero-order chi connectivity index (χ0) is 17.0. The molecule has 1 amide bonds. The topological polar surface area (TPSA) is 47.6 Å². The Morgan fingerprint density at radius 3 is 2.46 bits per heavy atom. The van der Waals surface area contributed by atoms with Gasteiger partial charge >= 0.3 is 0 Å². The Labute approximate surface area is 143 Å². The third-order valence-corrected chi connectivity index (χ3v) is 4.85. The molecule has 0 heterocycles. The fraction of sp³-hybridized carbons (Fsp3) is 0.450. The fourth-order valence-corrected chi connectivity index (χ4v) is 3.63. The summed E-state index contributed by atoms with van der Waals surface area (Å²) >= 11 is 0. The first-order valence-corrected chi connectivity index (χ1v) is 8.71. The molecular weight excluding hydrogens is 302 g/mol. The number of fused-ring (bicyclic) bond motifs is 1. The van der Waals surface area contributed by atoms with E-state index in [2.05, 4.69) is 5.32 Å². The number of benzene rings is 2. The second-order valence-electron chi connectivity index (χ2n) is 6.30. The van der Waals surface area contributed by atoms with Gasteiger partial charge in [-0.15, -0.1) is 0 Å². The zero-order valence-corrected chi connectivity index (χ0v) is 14.4. The van der Waals surface area contributed by atoms with Gasteiger partial charge in [0.25, 0.3) is 5.91 Å². The van der Waals surface area contributed by atoms with Crippen LogP contribution in [0.2, 0.25) is 0 Å². The van der Waals surface area contributed by atoms with E-state index in [1.807, 2.05) is 43.3 Å². The van der Waals surface area contributed by atoms with Gasteiger partial charge in [0.15, 0.2) is 0 Å². The standard InChI is InChI=1S/C20H25NO3/c1-3-24-20(13-7-4-8-14-20)19(22)21-17-11-12-18(23-2)16-10-6-5-9-15(16)17/h5-6,9-12H,3-4,7-8,13-14H2,1-2H3,(H,21,22). The van der Waals surface area contributed by atoms with Crippen LogP contribution in [-0.2, 0) is 9.53 Å². The number of carbonyl (C=O) groups excluding carboxylic acids is 1. The van der Waals surface area contributed by atoms with Gasteiger partial charge in [0.1, 0.15) is 11.4 Å². The van der Waals surface area contributed by atoms with E-state index in [4.69, 9.17) is 9.47 Å². The van der Waals surface area contributed by atoms with Crippen LogP contribution in [0.15, 0.2) is 36.4 Å². The molecule has 1 aliphatic rings. The maximum absolute atomic E-state index is 13.0. The minimum absolute atomic E-state index is 0.0284. The number of hydrogen-bond acceptors (Lipinski definition) is 3. The van der Waals surface area contributed by atoms with Gasteiger partial charge in [0.2, 0.25) is 0 Å². The van der Waals surface area contributed by atoms with Crippen LogP contribution in [0.4, 0.5) is 5.69 Å². The van der Waals surface area contributed by atoms with Crippen LogP contribution in [-0.4, -0.2) is 25.2 Å². The summed E-state index contributed by atoms with van der Waals surface area (Å²) in [5.74, 6) is 0.778. The molecule has 0 bridgehead atoms. The highest BCUT2D eigenvalue weighted by atomic mass is 16.5. The molecule has 4 heteroatoms. The molecule has 128 valence electrons. The van der Waals surface area contributed by atoms with Gasteiger partial charge in [0, 0.05) is 23.1 Å². The predicted molar refractivity (Wildman–Crippen MR) is 96.6 cm³/mol. The maximum Gasteiger partial charge on any atom is 0.256 e. The SMILES string of the molecule is CCOC1(C(=O)Nc2ccc(OC)c3ccccc23)CCCCC1. The number of hydrogen-bond donors (Lipinski definition) is 1. The van der Waals surface area contributed by atoms with Gasteiger partial charge in [-0.3, -0.25) is 4.79 Å². The number of methoxy groups -OCH3 is 1. The summed E-state index contributed by atoms with van der Waals surface area (Å²) in [6.07, 6.45) is 4.84. The minimum atomic E-state index is -0.686. The van der Waals surface area contributed by atoms with Crippen molar-refractivity contribution in [3.63, 3.8) is 0 Å². The monoisotopic (exact) mass is 327 g/mol. The highest BCUT2D eigenvalue weighted by Gasteiger charge is 2.40. The van der Waals surface area contributed by atoms with Crippen LogP contribution < -0.4 is 10.1 Å². The van der Waals surface area contributed by atoms with Crippen molar-refractivity contribution in [3.8, 4) is 5.75 Å². The molecular formula is C20H25NO3. The summed E-state index contributed by atoms with van der Waals surface area (Å²) < 4.78 is 11.3. The zero-order valence-electron chi connectivity index (χ0n) is 14.4. The molecule has 24 heavy (non-hydrogen) atoms. The first-order valence-electron chi connectivity index (χ1n) is 8.71. The molecule has 2 aromatic rings. The largest absolute Gasteiger partial charge is 0.496 e. The lowest BCUT2D eigenvalue weighted by atomic mass is 9.83. The Hall–Kier alpha value is -2.07. The molecule has 0 aliphatic heterocycles. The Kier molecular flexibility index (Phi) is 5.05. The van der Waals surface area contributed by atoms with Crippen molar-refractivity contribution in [2.75, 3.05) is 19.0 Å². The van der Waals surface area contributed by atoms with Crippen LogP contribution in [0.5, 0.6) is 5.75 Å². The third kappa shape index (κ3) is 3.11. The first kappa shape index (κ1) is 16.8. The van der Waals surface area contributed by atoms with Gasteiger partial charge in [0.05, 0.1) is 7.11 Å². The van der Waals surface area contributed by atoms with Crippen LogP contribution in [0.3, 0.4) is 0 Å². The molecule has 0 aromatic heterocycles. The molecule has 3 rings (SSSR count). The molecule has 0 unspecified atom stereocenters. The summed E-state index contributed by atoms with van der Waals surface area (Å²) in [6.45, 7) is 2.50. The summed E-state index contributed by atoms with van der Waals surface area (Å²) in [7, 11) is 1.66. The second-order valence-corrected chi connectivity index (χ2v) is 6.30. The number of nitrogens with one attached hydrogen (secondary N) is 1. The van der Waals surface area contributed by atoms with Gasteiger partial charge < -0.3 is 14.8 Å². The average molecular weight is 327 g/mol. The first-order chi connectivity index (χ1) is 11.7. The summed E-state index contributed by atoms with van der Waals surface area (Å²) in [5, 5.41) is 5.08. The number of rotatable bonds is 5. The van der Waals surface area contributed by atoms with Gasteiger partial charge in [-0.2, -0.15) is 0 Å². The van der Waals surface area contributed by atoms with Crippen molar-refractivity contribution in [1.29, 1.82) is 0 Å². The van der Waals surface area contributed by atoms with Crippen molar-refractivity contribution in [2.24, 2.45) is 0 Å². The molecule has 1 N–H and O–H groups in total. The van der Waals surface area contributed by atoms with Crippen LogP contribution in [0.1, 0.15) is 39.0 Å². The van der Waals surface area contributed by atoms with E-state index < -0.39 is 5.60 Å². The van der Waals surface area contributed by atoms with Crippen molar-refractivity contribution < 1.29 is 14.3 Å². The molecule has 1 saturated carbocycles. The minimum Gasteiger partial charge on any atom is -0.496 e. The van der Waals surface area contributed by atoms with E-state index in [9.17, 15) is 4.79 Å². The lowest BCUT2D eigenvalue weighted by Gasteiger charge is -2.35. The van der Waals surface area contributed by atoms with E-state index in [0.717, 1.165) is 47.9 Å². The fourth-order valence-electron chi connectivity index (χ4n) is 3.63. The molecule has 1 aliphatic carbocycles. The van der Waals surface area contributed by atoms with Gasteiger partial charge in [-0.1, -0.05) is 43.5 Å². The molecule has 0 atom stereocenters. The van der Waals surface area contributed by atoms with Crippen molar-refractivity contribution in [1.82, 2.24) is 0 Å².